The second-order valence-corrected chi connectivity index (χ2v) is 3.32. The summed E-state index contributed by atoms with van der Waals surface area (Å²) in [5.41, 5.74) is 0.573. The van der Waals surface area contributed by atoms with Crippen LogP contribution in [0.2, 0.25) is 0 Å². The lowest BCUT2D eigenvalue weighted by Crippen LogP contribution is -2.38. The van der Waals surface area contributed by atoms with Gasteiger partial charge in [-0.05, 0) is 6.92 Å². The van der Waals surface area contributed by atoms with E-state index in [1.807, 2.05) is 4.90 Å². The number of H-pyrrole nitrogens is 1. The van der Waals surface area contributed by atoms with Crippen LogP contribution in [0.5, 0.6) is 0 Å². The number of rotatable bonds is 1. The predicted octanol–water partition coefficient (Wildman–Crippen LogP) is -0.0851. The Labute approximate surface area is 81.7 Å². The molecule has 0 radical (unpaired) electrons. The molecule has 0 aromatic carbocycles. The van der Waals surface area contributed by atoms with Gasteiger partial charge in [-0.2, -0.15) is 0 Å². The molecule has 2 rings (SSSR count). The van der Waals surface area contributed by atoms with Gasteiger partial charge < -0.3 is 9.64 Å². The number of ether oxygens (including phenoxy) is 1. The molecule has 0 aliphatic carbocycles. The van der Waals surface area contributed by atoms with Crippen LogP contribution in [-0.4, -0.2) is 36.3 Å². The fraction of sp³-hybridized carbons (Fsp3) is 0.556. The van der Waals surface area contributed by atoms with E-state index in [4.69, 9.17) is 4.74 Å². The number of aromatic amines is 1. The topological polar surface area (TPSA) is 58.2 Å². The Kier molecular flexibility index (Phi) is 2.49. The molecule has 0 unspecified atom stereocenters. The van der Waals surface area contributed by atoms with Gasteiger partial charge in [0.1, 0.15) is 0 Å². The fourth-order valence-electron chi connectivity index (χ4n) is 1.38. The van der Waals surface area contributed by atoms with Crippen molar-refractivity contribution < 1.29 is 4.74 Å². The van der Waals surface area contributed by atoms with E-state index in [-0.39, 0.29) is 5.56 Å². The zero-order valence-electron chi connectivity index (χ0n) is 8.12. The van der Waals surface area contributed by atoms with Gasteiger partial charge in [0.2, 0.25) is 5.95 Å². The van der Waals surface area contributed by atoms with Crippen molar-refractivity contribution in [3.05, 3.63) is 22.1 Å². The lowest BCUT2D eigenvalue weighted by atomic mass is 10.4. The highest BCUT2D eigenvalue weighted by Gasteiger charge is 2.12. The van der Waals surface area contributed by atoms with Crippen LogP contribution in [0.25, 0.3) is 0 Å². The van der Waals surface area contributed by atoms with Gasteiger partial charge in [-0.15, -0.1) is 0 Å². The van der Waals surface area contributed by atoms with Crippen LogP contribution in [0.3, 0.4) is 0 Å². The lowest BCUT2D eigenvalue weighted by molar-refractivity contribution is 0.122. The van der Waals surface area contributed by atoms with Crippen molar-refractivity contribution in [2.75, 3.05) is 31.2 Å². The highest BCUT2D eigenvalue weighted by atomic mass is 16.5. The summed E-state index contributed by atoms with van der Waals surface area (Å²) in [5.74, 6) is 0.643. The quantitative estimate of drug-likeness (QED) is 0.680. The first-order valence-electron chi connectivity index (χ1n) is 4.66. The van der Waals surface area contributed by atoms with Crippen molar-refractivity contribution in [1.82, 2.24) is 9.97 Å². The van der Waals surface area contributed by atoms with Crippen molar-refractivity contribution in [2.45, 2.75) is 6.92 Å². The summed E-state index contributed by atoms with van der Waals surface area (Å²) >= 11 is 0. The number of aryl methyl sites for hydroxylation is 1. The SMILES string of the molecule is Cc1cnc(N2CCOCC2)[nH]c1=O. The van der Waals surface area contributed by atoms with E-state index >= 15 is 0 Å². The maximum atomic E-state index is 11.3. The minimum absolute atomic E-state index is 0.0681. The normalized spacial score (nSPS) is 17.1. The molecule has 0 atom stereocenters. The number of hydrogen-bond acceptors (Lipinski definition) is 4. The summed E-state index contributed by atoms with van der Waals surface area (Å²) < 4.78 is 5.21. The van der Waals surface area contributed by atoms with E-state index in [0.717, 1.165) is 13.1 Å². The third kappa shape index (κ3) is 1.77. The molecule has 14 heavy (non-hydrogen) atoms. The van der Waals surface area contributed by atoms with Gasteiger partial charge in [0.05, 0.1) is 13.2 Å². The lowest BCUT2D eigenvalue weighted by Gasteiger charge is -2.26. The van der Waals surface area contributed by atoms with Gasteiger partial charge >= 0.3 is 0 Å². The van der Waals surface area contributed by atoms with Crippen LogP contribution < -0.4 is 10.5 Å². The molecule has 76 valence electrons. The molecule has 1 fully saturated rings. The molecule has 5 nitrogen and oxygen atoms in total. The van der Waals surface area contributed by atoms with Crippen LogP contribution in [0.15, 0.2) is 11.0 Å². The first-order valence-corrected chi connectivity index (χ1v) is 4.66. The molecule has 0 bridgehead atoms. The average molecular weight is 195 g/mol. The van der Waals surface area contributed by atoms with Gasteiger partial charge in [-0.1, -0.05) is 0 Å². The largest absolute Gasteiger partial charge is 0.378 e. The van der Waals surface area contributed by atoms with Crippen LogP contribution in [-0.2, 0) is 4.74 Å². The zero-order valence-corrected chi connectivity index (χ0v) is 8.12. The molecule has 1 saturated heterocycles. The Balaban J connectivity index is 2.23. The number of aromatic nitrogens is 2. The Bertz CT molecular complexity index is 369. The molecule has 2 heterocycles. The Morgan fingerprint density at radius 2 is 2.21 bits per heavy atom. The Morgan fingerprint density at radius 3 is 2.86 bits per heavy atom. The number of nitrogens with zero attached hydrogens (tertiary/aromatic N) is 2. The van der Waals surface area contributed by atoms with Crippen molar-refractivity contribution in [1.29, 1.82) is 0 Å². The van der Waals surface area contributed by atoms with Gasteiger partial charge in [0.15, 0.2) is 0 Å². The molecule has 0 saturated carbocycles. The first kappa shape index (κ1) is 9.21. The molecule has 5 heteroatoms. The molecular formula is C9H13N3O2. The number of nitrogens with one attached hydrogen (secondary N) is 1. The maximum Gasteiger partial charge on any atom is 0.255 e. The zero-order chi connectivity index (χ0) is 9.97. The van der Waals surface area contributed by atoms with Crippen LogP contribution >= 0.6 is 0 Å². The maximum absolute atomic E-state index is 11.3. The number of hydrogen-bond donors (Lipinski definition) is 1. The summed E-state index contributed by atoms with van der Waals surface area (Å²) in [7, 11) is 0. The third-order valence-electron chi connectivity index (χ3n) is 2.27. The number of morpholine rings is 1. The summed E-state index contributed by atoms with van der Waals surface area (Å²) in [6.07, 6.45) is 1.60. The average Bonchev–Trinajstić information content (AvgIpc) is 2.23. The molecule has 1 aliphatic rings. The fourth-order valence-corrected chi connectivity index (χ4v) is 1.38. The van der Waals surface area contributed by atoms with E-state index in [2.05, 4.69) is 9.97 Å². The standard InChI is InChI=1S/C9H13N3O2/c1-7-6-10-9(11-8(7)13)12-2-4-14-5-3-12/h6H,2-5H2,1H3,(H,10,11,13). The number of anilines is 1. The summed E-state index contributed by atoms with van der Waals surface area (Å²) in [4.78, 5) is 20.3. The molecule has 1 aromatic rings. The van der Waals surface area contributed by atoms with Gasteiger partial charge in [0.25, 0.3) is 5.56 Å². The minimum atomic E-state index is -0.0681. The first-order chi connectivity index (χ1) is 6.77. The smallest absolute Gasteiger partial charge is 0.255 e. The van der Waals surface area contributed by atoms with Crippen LogP contribution in [0.4, 0.5) is 5.95 Å². The summed E-state index contributed by atoms with van der Waals surface area (Å²) in [6.45, 7) is 4.70. The molecular weight excluding hydrogens is 182 g/mol. The summed E-state index contributed by atoms with van der Waals surface area (Å²) in [5, 5.41) is 0. The second-order valence-electron chi connectivity index (χ2n) is 3.32. The predicted molar refractivity (Wildman–Crippen MR) is 52.6 cm³/mol. The van der Waals surface area contributed by atoms with Gasteiger partial charge in [-0.25, -0.2) is 4.98 Å². The highest BCUT2D eigenvalue weighted by Crippen LogP contribution is 2.06. The Morgan fingerprint density at radius 1 is 1.50 bits per heavy atom. The highest BCUT2D eigenvalue weighted by molar-refractivity contribution is 5.29. The van der Waals surface area contributed by atoms with Crippen molar-refractivity contribution in [3.63, 3.8) is 0 Å². The minimum Gasteiger partial charge on any atom is -0.378 e. The molecule has 1 aromatic heterocycles. The van der Waals surface area contributed by atoms with E-state index in [1.54, 1.807) is 13.1 Å². The molecule has 1 N–H and O–H groups in total. The molecule has 1 aliphatic heterocycles. The third-order valence-corrected chi connectivity index (χ3v) is 2.27. The van der Waals surface area contributed by atoms with Crippen molar-refractivity contribution in [2.24, 2.45) is 0 Å². The van der Waals surface area contributed by atoms with Crippen molar-refractivity contribution in [3.8, 4) is 0 Å². The molecule has 0 amide bonds. The summed E-state index contributed by atoms with van der Waals surface area (Å²) in [6, 6.07) is 0. The van der Waals surface area contributed by atoms with Crippen LogP contribution in [0.1, 0.15) is 5.56 Å². The van der Waals surface area contributed by atoms with E-state index in [9.17, 15) is 4.79 Å². The Hall–Kier alpha value is -1.36. The van der Waals surface area contributed by atoms with Crippen LogP contribution in [0, 0.1) is 6.92 Å². The second kappa shape index (κ2) is 3.79. The monoisotopic (exact) mass is 195 g/mol. The van der Waals surface area contributed by atoms with E-state index < -0.39 is 0 Å². The van der Waals surface area contributed by atoms with Gasteiger partial charge in [0, 0.05) is 24.8 Å². The van der Waals surface area contributed by atoms with Crippen molar-refractivity contribution >= 4 is 5.95 Å². The van der Waals surface area contributed by atoms with E-state index in [0.29, 0.717) is 24.7 Å². The van der Waals surface area contributed by atoms with E-state index in [1.165, 1.54) is 0 Å². The van der Waals surface area contributed by atoms with Gasteiger partial charge in [-0.3, -0.25) is 9.78 Å². The molecule has 0 spiro atoms.